The molecule has 1 heterocycles. The zero-order chi connectivity index (χ0) is 20.1. The predicted octanol–water partition coefficient (Wildman–Crippen LogP) is 4.38. The highest BCUT2D eigenvalue weighted by atomic mass is 35.5. The molecule has 148 valence electrons. The van der Waals surface area contributed by atoms with Crippen molar-refractivity contribution in [2.24, 2.45) is 4.40 Å². The fourth-order valence-corrected chi connectivity index (χ4v) is 5.18. The van der Waals surface area contributed by atoms with Crippen LogP contribution in [0.3, 0.4) is 0 Å². The SMILES string of the molecule is CCCCN1C(SCC(=O)Nc2ccccc2Cl)=NS(=O)(=O)c2ccccc21. The van der Waals surface area contributed by atoms with Crippen molar-refractivity contribution in [3.63, 3.8) is 0 Å². The smallest absolute Gasteiger partial charge is 0.286 e. The van der Waals surface area contributed by atoms with Gasteiger partial charge in [-0.2, -0.15) is 8.42 Å². The zero-order valence-corrected chi connectivity index (χ0v) is 17.6. The van der Waals surface area contributed by atoms with Crippen LogP contribution in [0.2, 0.25) is 5.02 Å². The summed E-state index contributed by atoms with van der Waals surface area (Å²) in [5, 5.41) is 3.48. The Kier molecular flexibility index (Phi) is 6.64. The van der Waals surface area contributed by atoms with E-state index in [1.807, 2.05) is 4.90 Å². The van der Waals surface area contributed by atoms with Crippen LogP contribution in [0.4, 0.5) is 11.4 Å². The van der Waals surface area contributed by atoms with E-state index in [1.54, 1.807) is 48.5 Å². The number of halogens is 1. The highest BCUT2D eigenvalue weighted by molar-refractivity contribution is 8.15. The van der Waals surface area contributed by atoms with Crippen LogP contribution in [-0.2, 0) is 14.8 Å². The van der Waals surface area contributed by atoms with Gasteiger partial charge in [0.1, 0.15) is 4.90 Å². The Hall–Kier alpha value is -2.03. The minimum absolute atomic E-state index is 0.0182. The number of nitrogens with one attached hydrogen (secondary N) is 1. The lowest BCUT2D eigenvalue weighted by Crippen LogP contribution is -2.35. The van der Waals surface area contributed by atoms with Crippen LogP contribution in [0.1, 0.15) is 19.8 Å². The van der Waals surface area contributed by atoms with Crippen molar-refractivity contribution in [3.8, 4) is 0 Å². The number of para-hydroxylation sites is 2. The van der Waals surface area contributed by atoms with E-state index in [-0.39, 0.29) is 16.6 Å². The summed E-state index contributed by atoms with van der Waals surface area (Å²) >= 11 is 7.15. The van der Waals surface area contributed by atoms with Crippen molar-refractivity contribution in [1.29, 1.82) is 0 Å². The summed E-state index contributed by atoms with van der Waals surface area (Å²) in [6.07, 6.45) is 1.83. The average Bonchev–Trinajstić information content (AvgIpc) is 2.67. The average molecular weight is 438 g/mol. The van der Waals surface area contributed by atoms with Crippen LogP contribution < -0.4 is 10.2 Å². The topological polar surface area (TPSA) is 78.8 Å². The Morgan fingerprint density at radius 2 is 1.89 bits per heavy atom. The number of amidine groups is 1. The standard InChI is InChI=1S/C19H20ClN3O3S2/c1-2-3-12-23-16-10-6-7-11-17(16)28(25,26)22-19(23)27-13-18(24)21-15-9-5-4-8-14(15)20/h4-11H,2-3,12-13H2,1H3,(H,21,24). The van der Waals surface area contributed by atoms with Gasteiger partial charge in [-0.25, -0.2) is 0 Å². The van der Waals surface area contributed by atoms with Crippen molar-refractivity contribution in [3.05, 3.63) is 53.6 Å². The van der Waals surface area contributed by atoms with Crippen LogP contribution in [-0.4, -0.2) is 31.8 Å². The van der Waals surface area contributed by atoms with Gasteiger partial charge in [-0.05, 0) is 30.7 Å². The van der Waals surface area contributed by atoms with Gasteiger partial charge in [-0.1, -0.05) is 61.0 Å². The van der Waals surface area contributed by atoms with Gasteiger partial charge >= 0.3 is 0 Å². The molecule has 1 amide bonds. The molecule has 0 unspecified atom stereocenters. The molecule has 0 radical (unpaired) electrons. The highest BCUT2D eigenvalue weighted by Gasteiger charge is 2.30. The Bertz CT molecular complexity index is 1010. The van der Waals surface area contributed by atoms with Crippen LogP contribution in [0.5, 0.6) is 0 Å². The first-order chi connectivity index (χ1) is 13.4. The fraction of sp³-hybridized carbons (Fsp3) is 0.263. The number of fused-ring (bicyclic) bond motifs is 1. The Morgan fingerprint density at radius 3 is 2.64 bits per heavy atom. The molecule has 0 saturated heterocycles. The van der Waals surface area contributed by atoms with Crippen molar-refractivity contribution < 1.29 is 13.2 Å². The number of anilines is 2. The molecule has 3 rings (SSSR count). The maximum absolute atomic E-state index is 12.5. The van der Waals surface area contributed by atoms with Gasteiger partial charge < -0.3 is 10.2 Å². The predicted molar refractivity (Wildman–Crippen MR) is 116 cm³/mol. The first-order valence-corrected chi connectivity index (χ1v) is 11.6. The third kappa shape index (κ3) is 4.68. The molecule has 0 bridgehead atoms. The second-order valence-electron chi connectivity index (χ2n) is 6.14. The molecule has 6 nitrogen and oxygen atoms in total. The van der Waals surface area contributed by atoms with E-state index in [0.717, 1.165) is 24.6 Å². The molecule has 0 fully saturated rings. The molecule has 1 N–H and O–H groups in total. The first-order valence-electron chi connectivity index (χ1n) is 8.81. The van der Waals surface area contributed by atoms with Crippen molar-refractivity contribution in [2.45, 2.75) is 24.7 Å². The summed E-state index contributed by atoms with van der Waals surface area (Å²) < 4.78 is 29.0. The minimum atomic E-state index is -3.79. The van der Waals surface area contributed by atoms with Gasteiger partial charge in [-0.15, -0.1) is 4.40 Å². The van der Waals surface area contributed by atoms with Crippen molar-refractivity contribution in [2.75, 3.05) is 22.5 Å². The fourth-order valence-electron chi connectivity index (χ4n) is 2.72. The lowest BCUT2D eigenvalue weighted by Gasteiger charge is -2.30. The summed E-state index contributed by atoms with van der Waals surface area (Å²) in [7, 11) is -3.79. The van der Waals surface area contributed by atoms with E-state index in [4.69, 9.17) is 11.6 Å². The first kappa shape index (κ1) is 20.7. The molecule has 0 atom stereocenters. The number of nitrogens with zero attached hydrogens (tertiary/aromatic N) is 2. The molecule has 2 aromatic rings. The summed E-state index contributed by atoms with van der Waals surface area (Å²) in [4.78, 5) is 14.4. The second-order valence-corrected chi connectivity index (χ2v) is 9.06. The monoisotopic (exact) mass is 437 g/mol. The van der Waals surface area contributed by atoms with E-state index in [9.17, 15) is 13.2 Å². The molecule has 0 saturated carbocycles. The van der Waals surface area contributed by atoms with Gasteiger partial charge in [-0.3, -0.25) is 4.79 Å². The van der Waals surface area contributed by atoms with E-state index in [0.29, 0.717) is 28.1 Å². The summed E-state index contributed by atoms with van der Waals surface area (Å²) in [6.45, 7) is 2.69. The number of unbranched alkanes of at least 4 members (excludes halogenated alkanes) is 1. The summed E-state index contributed by atoms with van der Waals surface area (Å²) in [5.41, 5.74) is 1.11. The van der Waals surface area contributed by atoms with Crippen LogP contribution >= 0.6 is 23.4 Å². The molecule has 0 aliphatic carbocycles. The third-order valence-corrected chi connectivity index (χ3v) is 6.81. The highest BCUT2D eigenvalue weighted by Crippen LogP contribution is 2.34. The maximum Gasteiger partial charge on any atom is 0.286 e. The summed E-state index contributed by atoms with van der Waals surface area (Å²) in [6, 6.07) is 13.7. The Balaban J connectivity index is 1.78. The maximum atomic E-state index is 12.5. The van der Waals surface area contributed by atoms with Crippen LogP contribution in [0.15, 0.2) is 57.8 Å². The number of benzene rings is 2. The number of sulfonamides is 1. The molecule has 1 aliphatic rings. The van der Waals surface area contributed by atoms with E-state index in [1.165, 1.54) is 0 Å². The lowest BCUT2D eigenvalue weighted by molar-refractivity contribution is -0.113. The largest absolute Gasteiger partial charge is 0.324 e. The second kappa shape index (κ2) is 8.98. The molecule has 2 aromatic carbocycles. The van der Waals surface area contributed by atoms with Gasteiger partial charge in [0.15, 0.2) is 5.17 Å². The lowest BCUT2D eigenvalue weighted by atomic mass is 10.2. The van der Waals surface area contributed by atoms with Crippen LogP contribution in [0, 0.1) is 0 Å². The third-order valence-electron chi connectivity index (χ3n) is 4.08. The molecule has 1 aliphatic heterocycles. The quantitative estimate of drug-likeness (QED) is 0.725. The molecular weight excluding hydrogens is 418 g/mol. The van der Waals surface area contributed by atoms with Crippen molar-refractivity contribution in [1.82, 2.24) is 0 Å². The molecule has 0 spiro atoms. The van der Waals surface area contributed by atoms with E-state index >= 15 is 0 Å². The summed E-state index contributed by atoms with van der Waals surface area (Å²) in [5.74, 6) is -0.267. The Morgan fingerprint density at radius 1 is 1.18 bits per heavy atom. The van der Waals surface area contributed by atoms with Crippen molar-refractivity contribution >= 4 is 55.8 Å². The molecule has 28 heavy (non-hydrogen) atoms. The van der Waals surface area contributed by atoms with E-state index in [2.05, 4.69) is 16.6 Å². The zero-order valence-electron chi connectivity index (χ0n) is 15.3. The number of amides is 1. The van der Waals surface area contributed by atoms with Crippen LogP contribution in [0.25, 0.3) is 0 Å². The number of carbonyl (C=O) groups excluding carboxylic acids is 1. The number of hydrogen-bond acceptors (Lipinski definition) is 5. The number of hydrogen-bond donors (Lipinski definition) is 1. The number of thioether (sulfide) groups is 1. The molecule has 9 heteroatoms. The Labute approximate surface area is 174 Å². The number of rotatable bonds is 6. The van der Waals surface area contributed by atoms with Gasteiger partial charge in [0.05, 0.1) is 22.2 Å². The minimum Gasteiger partial charge on any atom is -0.324 e. The molecular formula is C19H20ClN3O3S2. The van der Waals surface area contributed by atoms with E-state index < -0.39 is 10.0 Å². The van der Waals surface area contributed by atoms with Gasteiger partial charge in [0, 0.05) is 6.54 Å². The number of carbonyl (C=O) groups is 1. The van der Waals surface area contributed by atoms with Gasteiger partial charge in [0.2, 0.25) is 5.91 Å². The molecule has 0 aromatic heterocycles. The van der Waals surface area contributed by atoms with Gasteiger partial charge in [0.25, 0.3) is 10.0 Å². The normalized spacial score (nSPS) is 14.9.